The smallest absolute Gasteiger partial charge is 0.341 e. The zero-order chi connectivity index (χ0) is 22.0. The number of amides is 2. The summed E-state index contributed by atoms with van der Waals surface area (Å²) in [6.45, 7) is 2.02. The Morgan fingerprint density at radius 2 is 2.03 bits per heavy atom. The van der Waals surface area contributed by atoms with Crippen LogP contribution in [0, 0.1) is 5.92 Å². The van der Waals surface area contributed by atoms with E-state index in [4.69, 9.17) is 17.0 Å². The van der Waals surface area contributed by atoms with Gasteiger partial charge in [0.05, 0.1) is 17.9 Å². The lowest BCUT2D eigenvalue weighted by molar-refractivity contribution is -0.130. The van der Waals surface area contributed by atoms with Crippen LogP contribution in [0.4, 0.5) is 10.7 Å². The fourth-order valence-electron chi connectivity index (χ4n) is 3.74. The highest BCUT2D eigenvalue weighted by Crippen LogP contribution is 2.40. The summed E-state index contributed by atoms with van der Waals surface area (Å²) < 4.78 is 5.24. The first-order valence-corrected chi connectivity index (χ1v) is 11.3. The normalized spacial score (nSPS) is 18.8. The number of hydrogen-bond donors (Lipinski definition) is 1. The van der Waals surface area contributed by atoms with Gasteiger partial charge in [-0.15, -0.1) is 11.3 Å². The van der Waals surface area contributed by atoms with Crippen LogP contribution in [0.1, 0.15) is 40.6 Å². The van der Waals surface area contributed by atoms with Gasteiger partial charge in [0.15, 0.2) is 11.0 Å². The molecular formula is C22H21N3O4S2. The van der Waals surface area contributed by atoms with Crippen LogP contribution in [0.2, 0.25) is 0 Å². The van der Waals surface area contributed by atoms with Gasteiger partial charge in [0, 0.05) is 11.1 Å². The number of thiocarbonyl (C=S) groups is 1. The van der Waals surface area contributed by atoms with E-state index in [1.807, 2.05) is 6.07 Å². The lowest BCUT2D eigenvalue weighted by atomic mass is 9.95. The summed E-state index contributed by atoms with van der Waals surface area (Å²) in [5.41, 5.74) is 2.00. The van der Waals surface area contributed by atoms with Crippen LogP contribution in [-0.4, -0.2) is 35.7 Å². The van der Waals surface area contributed by atoms with Crippen molar-refractivity contribution in [2.45, 2.75) is 32.6 Å². The molecule has 1 aromatic carbocycles. The average Bonchev–Trinajstić information content (AvgIpc) is 3.12. The van der Waals surface area contributed by atoms with Gasteiger partial charge in [0.1, 0.15) is 5.00 Å². The highest BCUT2D eigenvalue weighted by molar-refractivity contribution is 7.80. The van der Waals surface area contributed by atoms with Crippen molar-refractivity contribution in [2.24, 2.45) is 10.9 Å². The van der Waals surface area contributed by atoms with E-state index in [1.54, 1.807) is 31.2 Å². The number of aryl methyl sites for hydroxylation is 1. The fourth-order valence-corrected chi connectivity index (χ4v) is 5.27. The average molecular weight is 456 g/mol. The molecule has 160 valence electrons. The molecule has 31 heavy (non-hydrogen) atoms. The van der Waals surface area contributed by atoms with Crippen LogP contribution in [0.3, 0.4) is 0 Å². The second-order valence-corrected chi connectivity index (χ2v) is 8.64. The largest absolute Gasteiger partial charge is 0.462 e. The maximum atomic E-state index is 13.1. The summed E-state index contributed by atoms with van der Waals surface area (Å²) in [6.07, 6.45) is 5.06. The van der Waals surface area contributed by atoms with Gasteiger partial charge >= 0.3 is 5.97 Å². The van der Waals surface area contributed by atoms with E-state index >= 15 is 0 Å². The molecule has 1 fully saturated rings. The van der Waals surface area contributed by atoms with Gasteiger partial charge in [-0.2, -0.15) is 0 Å². The Balaban J connectivity index is 1.67. The van der Waals surface area contributed by atoms with Crippen molar-refractivity contribution in [3.05, 3.63) is 46.3 Å². The van der Waals surface area contributed by atoms with Gasteiger partial charge in [-0.05, 0) is 62.5 Å². The Labute approximate surface area is 189 Å². The third-order valence-corrected chi connectivity index (χ3v) is 6.67. The first-order chi connectivity index (χ1) is 15.0. The Morgan fingerprint density at radius 1 is 1.29 bits per heavy atom. The molecule has 0 bridgehead atoms. The van der Waals surface area contributed by atoms with E-state index in [-0.39, 0.29) is 11.7 Å². The van der Waals surface area contributed by atoms with Crippen molar-refractivity contribution in [3.8, 4) is 0 Å². The summed E-state index contributed by atoms with van der Waals surface area (Å²) in [6, 6.07) is 8.87. The highest BCUT2D eigenvalue weighted by atomic mass is 32.1. The molecule has 0 unspecified atom stereocenters. The predicted molar refractivity (Wildman–Crippen MR) is 123 cm³/mol. The number of nitrogens with one attached hydrogen (secondary N) is 1. The molecule has 9 heteroatoms. The number of para-hydroxylation sites is 1. The second-order valence-electron chi connectivity index (χ2n) is 7.17. The monoisotopic (exact) mass is 455 g/mol. The zero-order valence-corrected chi connectivity index (χ0v) is 18.6. The number of hydrogen-bond acceptors (Lipinski definition) is 7. The maximum absolute atomic E-state index is 13.1. The molecule has 1 aliphatic carbocycles. The Morgan fingerprint density at radius 3 is 2.77 bits per heavy atom. The van der Waals surface area contributed by atoms with Gasteiger partial charge in [0.2, 0.25) is 5.91 Å². The molecule has 1 aliphatic heterocycles. The summed E-state index contributed by atoms with van der Waals surface area (Å²) in [5, 5.41) is 3.08. The van der Waals surface area contributed by atoms with E-state index in [2.05, 4.69) is 10.3 Å². The maximum Gasteiger partial charge on any atom is 0.341 e. The number of fused-ring (bicyclic) bond motifs is 1. The minimum absolute atomic E-state index is 0.0321. The number of nitrogens with zero attached hydrogens (tertiary/aromatic N) is 2. The van der Waals surface area contributed by atoms with Crippen molar-refractivity contribution in [2.75, 3.05) is 11.5 Å². The van der Waals surface area contributed by atoms with E-state index in [0.29, 0.717) is 16.3 Å². The number of aliphatic imine (C=N–C) groups is 1. The lowest BCUT2D eigenvalue weighted by Crippen LogP contribution is -2.58. The Bertz CT molecular complexity index is 1080. The predicted octanol–water partition coefficient (Wildman–Crippen LogP) is 3.57. The van der Waals surface area contributed by atoms with Crippen LogP contribution in [-0.2, 0) is 27.2 Å². The quantitative estimate of drug-likeness (QED) is 0.322. The summed E-state index contributed by atoms with van der Waals surface area (Å²) in [4.78, 5) is 45.0. The van der Waals surface area contributed by atoms with Gasteiger partial charge in [0.25, 0.3) is 5.91 Å². The topological polar surface area (TPSA) is 88.1 Å². The molecule has 1 atom stereocenters. The SMILES string of the molecule is CCOC(=O)c1c(N=C[C@H]2C(=O)NC(=S)N(c3ccccc3)C2=O)sc2c1CCCC2. The van der Waals surface area contributed by atoms with Gasteiger partial charge in [-0.25, -0.2) is 9.79 Å². The molecule has 2 heterocycles. The molecule has 1 N–H and O–H groups in total. The summed E-state index contributed by atoms with van der Waals surface area (Å²) in [5.74, 6) is -2.59. The first-order valence-electron chi connectivity index (χ1n) is 10.1. The molecule has 2 aromatic rings. The molecule has 4 rings (SSSR count). The molecule has 0 spiro atoms. The van der Waals surface area contributed by atoms with Crippen LogP contribution < -0.4 is 10.2 Å². The molecular weight excluding hydrogens is 434 g/mol. The fraction of sp³-hybridized carbons (Fsp3) is 0.318. The minimum Gasteiger partial charge on any atom is -0.462 e. The van der Waals surface area contributed by atoms with Crippen molar-refractivity contribution >= 4 is 63.4 Å². The number of anilines is 1. The van der Waals surface area contributed by atoms with Crippen LogP contribution in [0.15, 0.2) is 35.3 Å². The van der Waals surface area contributed by atoms with E-state index < -0.39 is 23.7 Å². The van der Waals surface area contributed by atoms with Gasteiger partial charge in [-0.3, -0.25) is 14.5 Å². The van der Waals surface area contributed by atoms with Crippen LogP contribution in [0.5, 0.6) is 0 Å². The summed E-state index contributed by atoms with van der Waals surface area (Å²) in [7, 11) is 0. The van der Waals surface area contributed by atoms with Crippen LogP contribution >= 0.6 is 23.6 Å². The molecule has 1 aromatic heterocycles. The number of thiophene rings is 1. The minimum atomic E-state index is -1.15. The van der Waals surface area contributed by atoms with Crippen LogP contribution in [0.25, 0.3) is 0 Å². The van der Waals surface area contributed by atoms with Crippen molar-refractivity contribution in [1.82, 2.24) is 5.32 Å². The number of ether oxygens (including phenoxy) is 1. The number of benzene rings is 1. The molecule has 0 saturated carbocycles. The van der Waals surface area contributed by atoms with Crippen molar-refractivity contribution in [3.63, 3.8) is 0 Å². The molecule has 2 aliphatic rings. The lowest BCUT2D eigenvalue weighted by Gasteiger charge is -2.30. The molecule has 0 radical (unpaired) electrons. The Kier molecular flexibility index (Phi) is 6.24. The number of esters is 1. The second kappa shape index (κ2) is 9.07. The number of rotatable bonds is 5. The van der Waals surface area contributed by atoms with Crippen molar-refractivity contribution < 1.29 is 19.1 Å². The standard InChI is InChI=1S/C22H21N3O4S2/c1-2-29-21(28)17-14-10-6-7-11-16(14)31-19(17)23-12-15-18(26)24-22(30)25(20(15)27)13-8-4-3-5-9-13/h3-5,8-9,12,15H,2,6-7,10-11H2,1H3,(H,24,26,30)/t15-/m0/s1. The first kappa shape index (κ1) is 21.3. The highest BCUT2D eigenvalue weighted by Gasteiger charge is 2.38. The van der Waals surface area contributed by atoms with Crippen molar-refractivity contribution in [1.29, 1.82) is 0 Å². The molecule has 1 saturated heterocycles. The zero-order valence-electron chi connectivity index (χ0n) is 16.9. The summed E-state index contributed by atoms with van der Waals surface area (Å²) >= 11 is 6.63. The third kappa shape index (κ3) is 4.15. The number of carbonyl (C=O) groups is 3. The Hall–Kier alpha value is -2.91. The van der Waals surface area contributed by atoms with Gasteiger partial charge < -0.3 is 10.1 Å². The van der Waals surface area contributed by atoms with E-state index in [9.17, 15) is 14.4 Å². The third-order valence-electron chi connectivity index (χ3n) is 5.19. The number of carbonyl (C=O) groups excluding carboxylic acids is 3. The molecule has 2 amide bonds. The van der Waals surface area contributed by atoms with Gasteiger partial charge in [-0.1, -0.05) is 18.2 Å². The molecule has 7 nitrogen and oxygen atoms in total. The van der Waals surface area contributed by atoms with E-state index in [0.717, 1.165) is 36.1 Å². The van der Waals surface area contributed by atoms with E-state index in [1.165, 1.54) is 22.5 Å².